The minimum Gasteiger partial charge on any atom is -0.266 e. The second-order valence-electron chi connectivity index (χ2n) is 2.82. The van der Waals surface area contributed by atoms with Crippen LogP contribution in [0.3, 0.4) is 0 Å². The lowest BCUT2D eigenvalue weighted by molar-refractivity contribution is 0.170. The van der Waals surface area contributed by atoms with E-state index in [-0.39, 0.29) is 5.54 Å². The van der Waals surface area contributed by atoms with E-state index in [0.717, 1.165) is 5.01 Å². The van der Waals surface area contributed by atoms with E-state index in [9.17, 15) is 4.79 Å². The Kier molecular flexibility index (Phi) is 2.51. The molecule has 9 heavy (non-hydrogen) atoms. The predicted octanol–water partition coefficient (Wildman–Crippen LogP) is 1.01. The molecule has 0 saturated heterocycles. The Bertz CT molecular complexity index is 119. The van der Waals surface area contributed by atoms with Gasteiger partial charge >= 0.3 is 0 Å². The molecule has 0 aliphatic rings. The Morgan fingerprint density at radius 3 is 1.89 bits per heavy atom. The molecule has 54 valence electrons. The van der Waals surface area contributed by atoms with Crippen molar-refractivity contribution in [3.8, 4) is 0 Å². The summed E-state index contributed by atoms with van der Waals surface area (Å²) in [6, 6.07) is 0. The fourth-order valence-electron chi connectivity index (χ4n) is 0.287. The smallest absolute Gasteiger partial charge is 0.266 e. The molecular weight excluding hydrogens is 136 g/mol. The van der Waals surface area contributed by atoms with Crippen molar-refractivity contribution in [3.63, 3.8) is 0 Å². The zero-order valence-electron chi connectivity index (χ0n) is 5.88. The van der Waals surface area contributed by atoms with E-state index in [0.29, 0.717) is 0 Å². The number of amides is 1. The number of hydrazine groups is 1. The minimum atomic E-state index is -0.414. The largest absolute Gasteiger partial charge is 0.293 e. The molecule has 0 aromatic rings. The molecule has 0 atom stereocenters. The van der Waals surface area contributed by atoms with E-state index < -0.39 is 5.24 Å². The van der Waals surface area contributed by atoms with Gasteiger partial charge < -0.3 is 0 Å². The van der Waals surface area contributed by atoms with Crippen LogP contribution in [-0.4, -0.2) is 15.8 Å². The van der Waals surface area contributed by atoms with Gasteiger partial charge in [-0.2, -0.15) is 0 Å². The highest BCUT2D eigenvalue weighted by atomic mass is 32.1. The van der Waals surface area contributed by atoms with Crippen molar-refractivity contribution in [2.45, 2.75) is 26.3 Å². The maximum atomic E-state index is 10.5. The van der Waals surface area contributed by atoms with Crippen LogP contribution < -0.4 is 5.84 Å². The molecule has 0 aliphatic carbocycles. The quantitative estimate of drug-likeness (QED) is 0.233. The molecule has 1 amide bonds. The Morgan fingerprint density at radius 2 is 1.89 bits per heavy atom. The van der Waals surface area contributed by atoms with E-state index in [1.807, 2.05) is 20.8 Å². The number of rotatable bonds is 0. The number of hydrogen-bond donors (Lipinski definition) is 2. The predicted molar refractivity (Wildman–Crippen MR) is 40.2 cm³/mol. The fraction of sp³-hybridized carbons (Fsp3) is 0.800. The molecule has 0 rings (SSSR count). The molecule has 0 aromatic heterocycles. The number of hydrogen-bond acceptors (Lipinski definition) is 2. The highest BCUT2D eigenvalue weighted by molar-refractivity contribution is 7.96. The van der Waals surface area contributed by atoms with Gasteiger partial charge in [-0.1, -0.05) is 12.6 Å². The Labute approximate surface area is 60.6 Å². The maximum Gasteiger partial charge on any atom is 0.293 e. The highest BCUT2D eigenvalue weighted by Crippen LogP contribution is 2.09. The molecule has 0 aromatic carbocycles. The van der Waals surface area contributed by atoms with E-state index in [1.54, 1.807) is 0 Å². The summed E-state index contributed by atoms with van der Waals surface area (Å²) in [6.45, 7) is 5.50. The zero-order chi connectivity index (χ0) is 7.65. The summed E-state index contributed by atoms with van der Waals surface area (Å²) in [7, 11) is 0. The summed E-state index contributed by atoms with van der Waals surface area (Å²) >= 11 is 3.55. The van der Waals surface area contributed by atoms with Crippen molar-refractivity contribution >= 4 is 17.9 Å². The van der Waals surface area contributed by atoms with Crippen molar-refractivity contribution in [3.05, 3.63) is 0 Å². The SMILES string of the molecule is CC(C)(C)N(N)C(=O)S. The van der Waals surface area contributed by atoms with Crippen LogP contribution >= 0.6 is 12.6 Å². The third-order valence-electron chi connectivity index (χ3n) is 0.929. The molecule has 3 nitrogen and oxygen atoms in total. The van der Waals surface area contributed by atoms with Crippen LogP contribution in [0.1, 0.15) is 20.8 Å². The minimum absolute atomic E-state index is 0.334. The topological polar surface area (TPSA) is 46.3 Å². The summed E-state index contributed by atoms with van der Waals surface area (Å²) in [5, 5.41) is 0.665. The van der Waals surface area contributed by atoms with Crippen LogP contribution in [0.2, 0.25) is 0 Å². The van der Waals surface area contributed by atoms with Gasteiger partial charge in [-0.3, -0.25) is 9.80 Å². The Morgan fingerprint density at radius 1 is 1.56 bits per heavy atom. The lowest BCUT2D eigenvalue weighted by Crippen LogP contribution is -2.48. The number of carbonyl (C=O) groups excluding carboxylic acids is 1. The highest BCUT2D eigenvalue weighted by Gasteiger charge is 2.20. The lowest BCUT2D eigenvalue weighted by Gasteiger charge is -2.28. The van der Waals surface area contributed by atoms with E-state index in [4.69, 9.17) is 5.84 Å². The number of thiol groups is 1. The monoisotopic (exact) mass is 148 g/mol. The van der Waals surface area contributed by atoms with Crippen molar-refractivity contribution in [1.29, 1.82) is 0 Å². The molecule has 0 fully saturated rings. The van der Waals surface area contributed by atoms with Gasteiger partial charge in [0.1, 0.15) is 0 Å². The molecule has 4 heteroatoms. The van der Waals surface area contributed by atoms with Gasteiger partial charge in [0.05, 0.1) is 5.54 Å². The van der Waals surface area contributed by atoms with E-state index >= 15 is 0 Å². The van der Waals surface area contributed by atoms with Crippen LogP contribution in [0.4, 0.5) is 4.79 Å². The molecule has 0 aliphatic heterocycles. The van der Waals surface area contributed by atoms with Crippen molar-refractivity contribution < 1.29 is 4.79 Å². The fourth-order valence-corrected chi connectivity index (χ4v) is 0.587. The zero-order valence-corrected chi connectivity index (χ0v) is 6.77. The molecule has 0 unspecified atom stereocenters. The van der Waals surface area contributed by atoms with Crippen molar-refractivity contribution in [2.75, 3.05) is 0 Å². The molecule has 0 spiro atoms. The summed E-state index contributed by atoms with van der Waals surface area (Å²) in [5.74, 6) is 5.30. The first-order chi connectivity index (χ1) is 3.85. The summed E-state index contributed by atoms with van der Waals surface area (Å²) in [6.07, 6.45) is 0. The number of nitrogens with zero attached hydrogens (tertiary/aromatic N) is 1. The van der Waals surface area contributed by atoms with Crippen molar-refractivity contribution in [1.82, 2.24) is 5.01 Å². The van der Waals surface area contributed by atoms with Gasteiger partial charge in [-0.15, -0.1) is 0 Å². The average Bonchev–Trinajstić information content (AvgIpc) is 1.62. The molecule has 0 bridgehead atoms. The van der Waals surface area contributed by atoms with Crippen LogP contribution in [-0.2, 0) is 0 Å². The van der Waals surface area contributed by atoms with Crippen LogP contribution in [0, 0.1) is 0 Å². The Balaban J connectivity index is 4.04. The second kappa shape index (κ2) is 2.58. The third-order valence-corrected chi connectivity index (χ3v) is 1.14. The maximum absolute atomic E-state index is 10.5. The second-order valence-corrected chi connectivity index (χ2v) is 3.21. The first-order valence-corrected chi connectivity index (χ1v) is 3.08. The molecular formula is C5H12N2OS. The first kappa shape index (κ1) is 8.78. The Hall–Kier alpha value is -0.220. The van der Waals surface area contributed by atoms with Gasteiger partial charge in [-0.05, 0) is 20.8 Å². The van der Waals surface area contributed by atoms with Gasteiger partial charge in [-0.25, -0.2) is 5.84 Å². The average molecular weight is 148 g/mol. The van der Waals surface area contributed by atoms with Gasteiger partial charge in [0.2, 0.25) is 0 Å². The molecule has 0 radical (unpaired) electrons. The van der Waals surface area contributed by atoms with Gasteiger partial charge in [0, 0.05) is 0 Å². The normalized spacial score (nSPS) is 11.2. The summed E-state index contributed by atoms with van der Waals surface area (Å²) in [4.78, 5) is 10.5. The standard InChI is InChI=1S/C5H12N2OS/c1-5(2,3)7(6)4(8)9/h6H2,1-3H3,(H,8,9). The van der Waals surface area contributed by atoms with Gasteiger partial charge in [0.25, 0.3) is 5.24 Å². The van der Waals surface area contributed by atoms with E-state index in [2.05, 4.69) is 12.6 Å². The van der Waals surface area contributed by atoms with Crippen LogP contribution in [0.25, 0.3) is 0 Å². The van der Waals surface area contributed by atoms with E-state index in [1.165, 1.54) is 0 Å². The summed E-state index contributed by atoms with van der Waals surface area (Å²) < 4.78 is 0. The number of carbonyl (C=O) groups is 1. The molecule has 0 saturated carbocycles. The van der Waals surface area contributed by atoms with Gasteiger partial charge in [0.15, 0.2) is 0 Å². The van der Waals surface area contributed by atoms with Crippen LogP contribution in [0.15, 0.2) is 0 Å². The third kappa shape index (κ3) is 2.72. The lowest BCUT2D eigenvalue weighted by atomic mass is 10.1. The number of nitrogens with two attached hydrogens (primary N) is 1. The molecule has 0 heterocycles. The van der Waals surface area contributed by atoms with Crippen LogP contribution in [0.5, 0.6) is 0 Å². The first-order valence-electron chi connectivity index (χ1n) is 2.63. The summed E-state index contributed by atoms with van der Waals surface area (Å²) in [5.41, 5.74) is -0.334. The van der Waals surface area contributed by atoms with Crippen molar-refractivity contribution in [2.24, 2.45) is 5.84 Å². The molecule has 2 N–H and O–H groups in total.